The van der Waals surface area contributed by atoms with E-state index in [2.05, 4.69) is 26.2 Å². The molecule has 17 heavy (non-hydrogen) atoms. The number of carbonyl (C=O) groups excluding carboxylic acids is 2. The number of nitrogens with zero attached hydrogens (tertiary/aromatic N) is 4. The van der Waals surface area contributed by atoms with Gasteiger partial charge < -0.3 is 5.32 Å². The van der Waals surface area contributed by atoms with E-state index >= 15 is 0 Å². The molecule has 0 aliphatic carbocycles. The molecule has 1 aromatic heterocycles. The number of aromatic nitrogens is 4. The van der Waals surface area contributed by atoms with E-state index in [1.807, 2.05) is 6.92 Å². The monoisotopic (exact) mass is 258 g/mol. The minimum absolute atomic E-state index is 0.231. The van der Waals surface area contributed by atoms with Gasteiger partial charge in [0.25, 0.3) is 0 Å². The lowest BCUT2D eigenvalue weighted by atomic mass is 10.4. The third kappa shape index (κ3) is 4.39. The van der Waals surface area contributed by atoms with Crippen LogP contribution in [0.25, 0.3) is 0 Å². The number of urea groups is 1. The van der Waals surface area contributed by atoms with Crippen molar-refractivity contribution in [2.24, 2.45) is 0 Å². The van der Waals surface area contributed by atoms with E-state index in [4.69, 9.17) is 0 Å². The number of imide groups is 1. The smallest absolute Gasteiger partial charge is 0.321 e. The summed E-state index contributed by atoms with van der Waals surface area (Å²) >= 11 is 1.38. The first kappa shape index (κ1) is 13.4. The summed E-state index contributed by atoms with van der Waals surface area (Å²) in [6.07, 6.45) is 0.231. The highest BCUT2D eigenvalue weighted by molar-refractivity contribution is 7.99. The van der Waals surface area contributed by atoms with E-state index in [1.165, 1.54) is 18.8 Å². The minimum atomic E-state index is -0.501. The molecule has 1 rings (SSSR count). The molecule has 94 valence electrons. The minimum Gasteiger partial charge on any atom is -0.341 e. The van der Waals surface area contributed by atoms with Crippen LogP contribution in [0.3, 0.4) is 0 Å². The third-order valence-corrected chi connectivity index (χ3v) is 2.80. The van der Waals surface area contributed by atoms with Gasteiger partial charge in [0.2, 0.25) is 11.1 Å². The maximum Gasteiger partial charge on any atom is 0.321 e. The van der Waals surface area contributed by atoms with Crippen molar-refractivity contribution >= 4 is 23.7 Å². The molecule has 0 aliphatic rings. The molecule has 0 aliphatic heterocycles. The molecule has 0 fully saturated rings. The fourth-order valence-electron chi connectivity index (χ4n) is 0.985. The number of thioether (sulfide) groups is 1. The fraction of sp³-hybridized carbons (Fsp3) is 0.625. The van der Waals surface area contributed by atoms with Gasteiger partial charge in [0, 0.05) is 25.8 Å². The lowest BCUT2D eigenvalue weighted by Crippen LogP contribution is -2.37. The van der Waals surface area contributed by atoms with Crippen LogP contribution in [0.4, 0.5) is 4.79 Å². The SMILES string of the molecule is CCn1nnnc1SCCC(=O)NC(=O)NC. The number of nitrogens with one attached hydrogen (secondary N) is 2. The van der Waals surface area contributed by atoms with E-state index < -0.39 is 6.03 Å². The van der Waals surface area contributed by atoms with Crippen molar-refractivity contribution in [3.05, 3.63) is 0 Å². The average Bonchev–Trinajstić information content (AvgIpc) is 2.76. The lowest BCUT2D eigenvalue weighted by molar-refractivity contribution is -0.119. The Morgan fingerprint density at radius 1 is 1.47 bits per heavy atom. The zero-order chi connectivity index (χ0) is 12.7. The first-order valence-corrected chi connectivity index (χ1v) is 6.06. The summed E-state index contributed by atoms with van der Waals surface area (Å²) in [7, 11) is 1.45. The van der Waals surface area contributed by atoms with Crippen LogP contribution in [0.15, 0.2) is 5.16 Å². The topological polar surface area (TPSA) is 102 Å². The molecule has 0 spiro atoms. The molecular weight excluding hydrogens is 244 g/mol. The van der Waals surface area contributed by atoms with E-state index in [0.29, 0.717) is 17.5 Å². The highest BCUT2D eigenvalue weighted by Crippen LogP contribution is 2.14. The van der Waals surface area contributed by atoms with Gasteiger partial charge in [-0.3, -0.25) is 10.1 Å². The standard InChI is InChI=1S/C8H14N6O2S/c1-3-14-8(11-12-13-14)17-5-4-6(15)10-7(16)9-2/h3-5H2,1-2H3,(H2,9,10,15,16). The lowest BCUT2D eigenvalue weighted by Gasteiger charge is -2.02. The molecular formula is C8H14N6O2S. The molecule has 0 unspecified atom stereocenters. The summed E-state index contributed by atoms with van der Waals surface area (Å²) in [4.78, 5) is 22.1. The van der Waals surface area contributed by atoms with E-state index in [0.717, 1.165) is 0 Å². The van der Waals surface area contributed by atoms with Crippen molar-refractivity contribution in [3.63, 3.8) is 0 Å². The van der Waals surface area contributed by atoms with Gasteiger partial charge in [-0.25, -0.2) is 9.48 Å². The zero-order valence-electron chi connectivity index (χ0n) is 9.63. The van der Waals surface area contributed by atoms with Crippen LogP contribution in [0, 0.1) is 0 Å². The van der Waals surface area contributed by atoms with E-state index in [9.17, 15) is 9.59 Å². The Morgan fingerprint density at radius 3 is 2.88 bits per heavy atom. The number of rotatable bonds is 5. The maximum atomic E-state index is 11.3. The van der Waals surface area contributed by atoms with Gasteiger partial charge >= 0.3 is 6.03 Å². The molecule has 8 nitrogen and oxygen atoms in total. The Morgan fingerprint density at radius 2 is 2.24 bits per heavy atom. The summed E-state index contributed by atoms with van der Waals surface area (Å²) in [5.74, 6) is 0.191. The van der Waals surface area contributed by atoms with Crippen LogP contribution in [-0.4, -0.2) is 44.9 Å². The first-order valence-electron chi connectivity index (χ1n) is 5.08. The van der Waals surface area contributed by atoms with Crippen LogP contribution in [0.1, 0.15) is 13.3 Å². The van der Waals surface area contributed by atoms with Crippen LogP contribution >= 0.6 is 11.8 Å². The molecule has 0 bridgehead atoms. The molecule has 0 atom stereocenters. The molecule has 0 radical (unpaired) electrons. The molecule has 0 aromatic carbocycles. The molecule has 1 heterocycles. The predicted molar refractivity (Wildman–Crippen MR) is 61.4 cm³/mol. The number of carbonyl (C=O) groups is 2. The molecule has 3 amide bonds. The highest BCUT2D eigenvalue weighted by atomic mass is 32.2. The van der Waals surface area contributed by atoms with Crippen LogP contribution in [-0.2, 0) is 11.3 Å². The number of tetrazole rings is 1. The molecule has 0 saturated heterocycles. The third-order valence-electron chi connectivity index (χ3n) is 1.84. The normalized spacial score (nSPS) is 10.0. The molecule has 9 heteroatoms. The van der Waals surface area contributed by atoms with Crippen molar-refractivity contribution in [1.82, 2.24) is 30.8 Å². The van der Waals surface area contributed by atoms with Crippen LogP contribution < -0.4 is 10.6 Å². The number of aryl methyl sites for hydroxylation is 1. The van der Waals surface area contributed by atoms with Gasteiger partial charge in [-0.2, -0.15) is 0 Å². The second-order valence-electron chi connectivity index (χ2n) is 3.00. The molecule has 2 N–H and O–H groups in total. The first-order chi connectivity index (χ1) is 8.17. The number of amides is 3. The average molecular weight is 258 g/mol. The Labute approximate surface area is 103 Å². The summed E-state index contributed by atoms with van der Waals surface area (Å²) in [5, 5.41) is 16.3. The second-order valence-corrected chi connectivity index (χ2v) is 4.07. The van der Waals surface area contributed by atoms with E-state index in [1.54, 1.807) is 4.68 Å². The second kappa shape index (κ2) is 6.84. The molecule has 1 aromatic rings. The van der Waals surface area contributed by atoms with Crippen molar-refractivity contribution < 1.29 is 9.59 Å². The van der Waals surface area contributed by atoms with Gasteiger partial charge in [0.05, 0.1) is 0 Å². The van der Waals surface area contributed by atoms with Gasteiger partial charge in [0.15, 0.2) is 0 Å². The summed E-state index contributed by atoms with van der Waals surface area (Å²) in [6, 6.07) is -0.501. The van der Waals surface area contributed by atoms with Crippen molar-refractivity contribution in [3.8, 4) is 0 Å². The molecule has 0 saturated carbocycles. The van der Waals surface area contributed by atoms with Crippen molar-refractivity contribution in [1.29, 1.82) is 0 Å². The Kier molecular flexibility index (Phi) is 5.40. The Bertz CT molecular complexity index is 393. The van der Waals surface area contributed by atoms with Gasteiger partial charge in [-0.1, -0.05) is 11.8 Å². The Balaban J connectivity index is 2.28. The largest absolute Gasteiger partial charge is 0.341 e. The van der Waals surface area contributed by atoms with Gasteiger partial charge in [-0.05, 0) is 17.4 Å². The van der Waals surface area contributed by atoms with Gasteiger partial charge in [-0.15, -0.1) is 5.10 Å². The maximum absolute atomic E-state index is 11.3. The fourth-order valence-corrected chi connectivity index (χ4v) is 1.86. The van der Waals surface area contributed by atoms with E-state index in [-0.39, 0.29) is 12.3 Å². The highest BCUT2D eigenvalue weighted by Gasteiger charge is 2.08. The van der Waals surface area contributed by atoms with Crippen molar-refractivity contribution in [2.45, 2.75) is 25.0 Å². The van der Waals surface area contributed by atoms with Crippen LogP contribution in [0.5, 0.6) is 0 Å². The van der Waals surface area contributed by atoms with Crippen LogP contribution in [0.2, 0.25) is 0 Å². The predicted octanol–water partition coefficient (Wildman–Crippen LogP) is -0.369. The number of hydrogen-bond donors (Lipinski definition) is 2. The zero-order valence-corrected chi connectivity index (χ0v) is 10.5. The van der Waals surface area contributed by atoms with Crippen molar-refractivity contribution in [2.75, 3.05) is 12.8 Å². The summed E-state index contributed by atoms with van der Waals surface area (Å²) < 4.78 is 1.64. The van der Waals surface area contributed by atoms with Gasteiger partial charge in [0.1, 0.15) is 0 Å². The Hall–Kier alpha value is -1.64. The number of hydrogen-bond acceptors (Lipinski definition) is 6. The quantitative estimate of drug-likeness (QED) is 0.699. The summed E-state index contributed by atoms with van der Waals surface area (Å²) in [6.45, 7) is 2.61. The summed E-state index contributed by atoms with van der Waals surface area (Å²) in [5.41, 5.74) is 0.